The summed E-state index contributed by atoms with van der Waals surface area (Å²) in [7, 11) is 0. The summed E-state index contributed by atoms with van der Waals surface area (Å²) >= 11 is 0. The van der Waals surface area contributed by atoms with E-state index in [-0.39, 0.29) is 22.9 Å². The van der Waals surface area contributed by atoms with Crippen LogP contribution in [0, 0.1) is 0 Å². The second-order valence-electron chi connectivity index (χ2n) is 8.56. The van der Waals surface area contributed by atoms with E-state index in [9.17, 15) is 9.59 Å². The average molecular weight is 368 g/mol. The minimum absolute atomic E-state index is 0.00590. The van der Waals surface area contributed by atoms with Crippen LogP contribution in [0.15, 0.2) is 52.8 Å². The van der Waals surface area contributed by atoms with Crippen molar-refractivity contribution in [1.29, 1.82) is 0 Å². The SMILES string of the molecule is CC(C)(C)NC(=O)/C(=C\c1ccco1)NC(=O)c1ccc(C(C)(C)C)cc1. The van der Waals surface area contributed by atoms with Gasteiger partial charge in [0.1, 0.15) is 11.5 Å². The average Bonchev–Trinajstić information content (AvgIpc) is 3.05. The molecule has 144 valence electrons. The first-order valence-corrected chi connectivity index (χ1v) is 8.95. The molecule has 0 fully saturated rings. The Labute approximate surface area is 160 Å². The molecule has 1 heterocycles. The smallest absolute Gasteiger partial charge is 0.268 e. The first-order chi connectivity index (χ1) is 12.5. The third kappa shape index (κ3) is 6.13. The van der Waals surface area contributed by atoms with Gasteiger partial charge in [0.15, 0.2) is 0 Å². The van der Waals surface area contributed by atoms with Crippen LogP contribution in [0.4, 0.5) is 0 Å². The molecule has 0 saturated carbocycles. The molecule has 2 N–H and O–H groups in total. The summed E-state index contributed by atoms with van der Waals surface area (Å²) in [5, 5.41) is 5.56. The van der Waals surface area contributed by atoms with Crippen molar-refractivity contribution in [2.45, 2.75) is 52.5 Å². The molecule has 1 aromatic carbocycles. The lowest BCUT2D eigenvalue weighted by molar-refractivity contribution is -0.119. The monoisotopic (exact) mass is 368 g/mol. The van der Waals surface area contributed by atoms with Gasteiger partial charge >= 0.3 is 0 Å². The highest BCUT2D eigenvalue weighted by Gasteiger charge is 2.20. The van der Waals surface area contributed by atoms with E-state index in [0.29, 0.717) is 11.3 Å². The molecule has 5 nitrogen and oxygen atoms in total. The van der Waals surface area contributed by atoms with E-state index in [4.69, 9.17) is 4.42 Å². The van der Waals surface area contributed by atoms with Gasteiger partial charge in [-0.1, -0.05) is 32.9 Å². The van der Waals surface area contributed by atoms with E-state index in [0.717, 1.165) is 5.56 Å². The van der Waals surface area contributed by atoms with E-state index < -0.39 is 5.54 Å². The molecule has 27 heavy (non-hydrogen) atoms. The van der Waals surface area contributed by atoms with Crippen LogP contribution in [0.25, 0.3) is 6.08 Å². The van der Waals surface area contributed by atoms with Gasteiger partial charge in [-0.2, -0.15) is 0 Å². The highest BCUT2D eigenvalue weighted by Crippen LogP contribution is 2.22. The number of benzene rings is 1. The summed E-state index contributed by atoms with van der Waals surface area (Å²) in [6, 6.07) is 10.8. The van der Waals surface area contributed by atoms with Crippen molar-refractivity contribution in [3.8, 4) is 0 Å². The van der Waals surface area contributed by atoms with Crippen molar-refractivity contribution in [1.82, 2.24) is 10.6 Å². The van der Waals surface area contributed by atoms with Gasteiger partial charge in [0.25, 0.3) is 11.8 Å². The number of carbonyl (C=O) groups is 2. The second-order valence-corrected chi connectivity index (χ2v) is 8.56. The molecule has 5 heteroatoms. The Hall–Kier alpha value is -2.82. The van der Waals surface area contributed by atoms with Crippen LogP contribution in [0.1, 0.15) is 63.2 Å². The molecular weight excluding hydrogens is 340 g/mol. The van der Waals surface area contributed by atoms with E-state index in [1.165, 1.54) is 12.3 Å². The minimum atomic E-state index is -0.432. The summed E-state index contributed by atoms with van der Waals surface area (Å²) in [5.74, 6) is -0.242. The van der Waals surface area contributed by atoms with Gasteiger partial charge in [-0.25, -0.2) is 0 Å². The van der Waals surface area contributed by atoms with Crippen LogP contribution in [0.3, 0.4) is 0 Å². The largest absolute Gasteiger partial charge is 0.465 e. The summed E-state index contributed by atoms with van der Waals surface area (Å²) < 4.78 is 5.28. The first kappa shape index (κ1) is 20.5. The van der Waals surface area contributed by atoms with Crippen molar-refractivity contribution in [3.05, 3.63) is 65.2 Å². The highest BCUT2D eigenvalue weighted by atomic mass is 16.3. The van der Waals surface area contributed by atoms with Gasteiger partial charge in [-0.3, -0.25) is 9.59 Å². The molecule has 2 amide bonds. The Morgan fingerprint density at radius 3 is 2.07 bits per heavy atom. The van der Waals surface area contributed by atoms with Gasteiger partial charge in [0.2, 0.25) is 0 Å². The molecule has 0 atom stereocenters. The molecule has 2 aromatic rings. The zero-order valence-corrected chi connectivity index (χ0v) is 16.8. The van der Waals surface area contributed by atoms with Gasteiger partial charge in [-0.15, -0.1) is 0 Å². The normalized spacial score (nSPS) is 12.6. The fraction of sp³-hybridized carbons (Fsp3) is 0.364. The quantitative estimate of drug-likeness (QED) is 0.792. The maximum atomic E-state index is 12.7. The molecule has 0 aliphatic rings. The van der Waals surface area contributed by atoms with Crippen molar-refractivity contribution < 1.29 is 14.0 Å². The molecule has 0 unspecified atom stereocenters. The van der Waals surface area contributed by atoms with E-state index in [1.807, 2.05) is 32.9 Å². The van der Waals surface area contributed by atoms with Crippen LogP contribution >= 0.6 is 0 Å². The molecule has 1 aromatic heterocycles. The fourth-order valence-corrected chi connectivity index (χ4v) is 2.40. The third-order valence-corrected chi connectivity index (χ3v) is 3.82. The van der Waals surface area contributed by atoms with Gasteiger partial charge < -0.3 is 15.1 Å². The predicted molar refractivity (Wildman–Crippen MR) is 107 cm³/mol. The summed E-state index contributed by atoms with van der Waals surface area (Å²) in [6.07, 6.45) is 3.03. The second kappa shape index (κ2) is 7.82. The van der Waals surface area contributed by atoms with Gasteiger partial charge in [0, 0.05) is 17.2 Å². The van der Waals surface area contributed by atoms with E-state index in [1.54, 1.807) is 24.3 Å². The lowest BCUT2D eigenvalue weighted by Crippen LogP contribution is -2.44. The summed E-state index contributed by atoms with van der Waals surface area (Å²) in [4.78, 5) is 25.3. The molecule has 0 saturated heterocycles. The lowest BCUT2D eigenvalue weighted by atomic mass is 9.87. The van der Waals surface area contributed by atoms with Crippen molar-refractivity contribution in [2.75, 3.05) is 0 Å². The molecular formula is C22H28N2O3. The standard InChI is InChI=1S/C22H28N2O3/c1-21(2,3)16-11-9-15(10-12-16)19(25)23-18(14-17-8-7-13-27-17)20(26)24-22(4,5)6/h7-14H,1-6H3,(H,23,25)(H,24,26)/b18-14+. The number of nitrogens with one attached hydrogen (secondary N) is 2. The maximum Gasteiger partial charge on any atom is 0.268 e. The van der Waals surface area contributed by atoms with Crippen LogP contribution in [-0.4, -0.2) is 17.4 Å². The molecule has 0 bridgehead atoms. The number of hydrogen-bond donors (Lipinski definition) is 2. The number of carbonyl (C=O) groups excluding carboxylic acids is 2. The number of hydrogen-bond acceptors (Lipinski definition) is 3. The Kier molecular flexibility index (Phi) is 5.94. The van der Waals surface area contributed by atoms with E-state index >= 15 is 0 Å². The number of rotatable bonds is 4. The van der Waals surface area contributed by atoms with Crippen molar-refractivity contribution in [3.63, 3.8) is 0 Å². The minimum Gasteiger partial charge on any atom is -0.465 e. The number of furan rings is 1. The molecule has 2 rings (SSSR count). The maximum absolute atomic E-state index is 12.7. The molecule has 0 aliphatic heterocycles. The summed E-state index contributed by atoms with van der Waals surface area (Å²) in [6.45, 7) is 12.0. The van der Waals surface area contributed by atoms with Crippen LogP contribution in [0.5, 0.6) is 0 Å². The predicted octanol–water partition coefficient (Wildman–Crippen LogP) is 4.26. The van der Waals surface area contributed by atoms with Crippen LogP contribution < -0.4 is 10.6 Å². The molecule has 0 radical (unpaired) electrons. The Balaban J connectivity index is 2.24. The van der Waals surface area contributed by atoms with Crippen LogP contribution in [-0.2, 0) is 10.2 Å². The van der Waals surface area contributed by atoms with Gasteiger partial charge in [0.05, 0.1) is 6.26 Å². The lowest BCUT2D eigenvalue weighted by Gasteiger charge is -2.22. The Morgan fingerprint density at radius 1 is 0.963 bits per heavy atom. The van der Waals surface area contributed by atoms with E-state index in [2.05, 4.69) is 31.4 Å². The Bertz CT molecular complexity index is 818. The van der Waals surface area contributed by atoms with Crippen molar-refractivity contribution >= 4 is 17.9 Å². The zero-order chi connectivity index (χ0) is 20.2. The summed E-state index contributed by atoms with van der Waals surface area (Å²) in [5.41, 5.74) is 1.32. The van der Waals surface area contributed by atoms with Crippen molar-refractivity contribution in [2.24, 2.45) is 0 Å². The molecule has 0 aliphatic carbocycles. The highest BCUT2D eigenvalue weighted by molar-refractivity contribution is 6.05. The number of amides is 2. The topological polar surface area (TPSA) is 71.3 Å². The first-order valence-electron chi connectivity index (χ1n) is 8.95. The van der Waals surface area contributed by atoms with Gasteiger partial charge in [-0.05, 0) is 56.0 Å². The Morgan fingerprint density at radius 2 is 1.59 bits per heavy atom. The van der Waals surface area contributed by atoms with Crippen LogP contribution in [0.2, 0.25) is 0 Å². The zero-order valence-electron chi connectivity index (χ0n) is 16.8. The molecule has 0 spiro atoms. The third-order valence-electron chi connectivity index (χ3n) is 3.82. The fourth-order valence-electron chi connectivity index (χ4n) is 2.40.